The van der Waals surface area contributed by atoms with Crippen LogP contribution in [0.2, 0.25) is 0 Å². The standard InChI is InChI=1S/C20H17F4N3O3/c1-9(25-16-5-4-11(6-15(16)21)19(29)30-3)12-7-13-17(8-14(12)20(22,23)24)26-10(2)27-18(13)28/h4-9,25H,1-3H3,(H,26,27,28)/t9-/m1/s1. The summed E-state index contributed by atoms with van der Waals surface area (Å²) in [4.78, 5) is 30.1. The van der Waals surface area contributed by atoms with Gasteiger partial charge in [0.1, 0.15) is 11.6 Å². The van der Waals surface area contributed by atoms with Crippen LogP contribution in [0.15, 0.2) is 35.1 Å². The number of aromatic amines is 1. The highest BCUT2D eigenvalue weighted by Crippen LogP contribution is 2.37. The van der Waals surface area contributed by atoms with Gasteiger partial charge in [-0.2, -0.15) is 13.2 Å². The quantitative estimate of drug-likeness (QED) is 0.482. The summed E-state index contributed by atoms with van der Waals surface area (Å²) in [6, 6.07) is 4.31. The number of carbonyl (C=O) groups excluding carboxylic acids is 1. The summed E-state index contributed by atoms with van der Waals surface area (Å²) in [5, 5.41) is 2.64. The maximum atomic E-state index is 14.4. The van der Waals surface area contributed by atoms with E-state index in [0.29, 0.717) is 0 Å². The molecule has 1 atom stereocenters. The number of benzene rings is 2. The first kappa shape index (κ1) is 21.3. The summed E-state index contributed by atoms with van der Waals surface area (Å²) in [6.45, 7) is 2.87. The van der Waals surface area contributed by atoms with Crippen LogP contribution in [0.3, 0.4) is 0 Å². The maximum Gasteiger partial charge on any atom is 0.416 e. The number of aryl methyl sites for hydroxylation is 1. The lowest BCUT2D eigenvalue weighted by Crippen LogP contribution is -2.18. The topological polar surface area (TPSA) is 84.1 Å². The van der Waals surface area contributed by atoms with E-state index in [1.165, 1.54) is 26.0 Å². The molecule has 3 aromatic rings. The number of fused-ring (bicyclic) bond motifs is 1. The number of esters is 1. The Bertz CT molecular complexity index is 1190. The second kappa shape index (κ2) is 7.77. The Morgan fingerprint density at radius 3 is 2.53 bits per heavy atom. The van der Waals surface area contributed by atoms with Crippen molar-refractivity contribution in [1.82, 2.24) is 9.97 Å². The Labute approximate surface area is 167 Å². The van der Waals surface area contributed by atoms with Crippen molar-refractivity contribution in [2.75, 3.05) is 12.4 Å². The van der Waals surface area contributed by atoms with Gasteiger partial charge in [0.05, 0.1) is 34.8 Å². The molecule has 0 spiro atoms. The first-order valence-electron chi connectivity index (χ1n) is 8.77. The van der Waals surface area contributed by atoms with E-state index < -0.39 is 35.1 Å². The molecule has 6 nitrogen and oxygen atoms in total. The van der Waals surface area contributed by atoms with Crippen LogP contribution in [-0.2, 0) is 10.9 Å². The number of hydrogen-bond acceptors (Lipinski definition) is 5. The largest absolute Gasteiger partial charge is 0.465 e. The first-order chi connectivity index (χ1) is 14.0. The fourth-order valence-corrected chi connectivity index (χ4v) is 3.11. The average Bonchev–Trinajstić information content (AvgIpc) is 2.67. The molecule has 2 N–H and O–H groups in total. The molecule has 0 radical (unpaired) electrons. The number of nitrogens with one attached hydrogen (secondary N) is 2. The van der Waals surface area contributed by atoms with Crippen LogP contribution in [0.25, 0.3) is 10.9 Å². The Morgan fingerprint density at radius 1 is 1.23 bits per heavy atom. The molecule has 0 fully saturated rings. The summed E-state index contributed by atoms with van der Waals surface area (Å²) >= 11 is 0. The minimum Gasteiger partial charge on any atom is -0.465 e. The Morgan fingerprint density at radius 2 is 1.93 bits per heavy atom. The predicted molar refractivity (Wildman–Crippen MR) is 102 cm³/mol. The molecule has 0 bridgehead atoms. The molecule has 0 saturated carbocycles. The highest BCUT2D eigenvalue weighted by Gasteiger charge is 2.35. The zero-order valence-corrected chi connectivity index (χ0v) is 16.1. The summed E-state index contributed by atoms with van der Waals surface area (Å²) in [7, 11) is 1.14. The van der Waals surface area contributed by atoms with Crippen molar-refractivity contribution in [2.45, 2.75) is 26.1 Å². The Hall–Kier alpha value is -3.43. The lowest BCUT2D eigenvalue weighted by atomic mass is 9.98. The number of carbonyl (C=O) groups is 1. The van der Waals surface area contributed by atoms with Gasteiger partial charge >= 0.3 is 12.1 Å². The predicted octanol–water partition coefficient (Wildman–Crippen LogP) is 4.35. The Kier molecular flexibility index (Phi) is 5.51. The molecule has 0 saturated heterocycles. The van der Waals surface area contributed by atoms with E-state index in [-0.39, 0.29) is 33.5 Å². The number of aromatic nitrogens is 2. The van der Waals surface area contributed by atoms with E-state index in [9.17, 15) is 27.2 Å². The number of ether oxygens (including phenoxy) is 1. The van der Waals surface area contributed by atoms with Crippen molar-refractivity contribution in [3.8, 4) is 0 Å². The van der Waals surface area contributed by atoms with Crippen molar-refractivity contribution in [3.63, 3.8) is 0 Å². The minimum atomic E-state index is -4.72. The van der Waals surface area contributed by atoms with Gasteiger partial charge in [0.25, 0.3) is 5.56 Å². The molecule has 158 valence electrons. The van der Waals surface area contributed by atoms with Gasteiger partial charge in [-0.1, -0.05) is 0 Å². The fourth-order valence-electron chi connectivity index (χ4n) is 3.11. The molecule has 0 aliphatic heterocycles. The van der Waals surface area contributed by atoms with Crippen molar-refractivity contribution in [1.29, 1.82) is 0 Å². The SMILES string of the molecule is COC(=O)c1ccc(N[C@H](C)c2cc3c(=O)[nH]c(C)nc3cc2C(F)(F)F)c(F)c1. The van der Waals surface area contributed by atoms with Crippen molar-refractivity contribution < 1.29 is 27.1 Å². The van der Waals surface area contributed by atoms with Crippen molar-refractivity contribution in [2.24, 2.45) is 0 Å². The molecule has 0 aliphatic rings. The molecule has 3 rings (SSSR count). The van der Waals surface area contributed by atoms with Gasteiger partial charge in [-0.3, -0.25) is 4.79 Å². The van der Waals surface area contributed by atoms with Gasteiger partial charge in [0.2, 0.25) is 0 Å². The van der Waals surface area contributed by atoms with E-state index in [1.807, 2.05) is 0 Å². The van der Waals surface area contributed by atoms with E-state index in [0.717, 1.165) is 25.3 Å². The third-order valence-electron chi connectivity index (χ3n) is 4.53. The molecule has 10 heteroatoms. The van der Waals surface area contributed by atoms with Crippen LogP contribution in [0, 0.1) is 12.7 Å². The second-order valence-corrected chi connectivity index (χ2v) is 6.66. The van der Waals surface area contributed by atoms with E-state index in [1.54, 1.807) is 0 Å². The summed E-state index contributed by atoms with van der Waals surface area (Å²) < 4.78 is 59.9. The van der Waals surface area contributed by atoms with Crippen LogP contribution in [0.5, 0.6) is 0 Å². The third-order valence-corrected chi connectivity index (χ3v) is 4.53. The van der Waals surface area contributed by atoms with Gasteiger partial charge in [0, 0.05) is 6.04 Å². The van der Waals surface area contributed by atoms with Crippen molar-refractivity contribution in [3.05, 3.63) is 69.0 Å². The first-order valence-corrected chi connectivity index (χ1v) is 8.77. The number of alkyl halides is 3. The summed E-state index contributed by atoms with van der Waals surface area (Å²) in [5.41, 5.74) is -2.05. The second-order valence-electron chi connectivity index (χ2n) is 6.66. The molecule has 2 aromatic carbocycles. The summed E-state index contributed by atoms with van der Waals surface area (Å²) in [5.74, 6) is -1.40. The maximum absolute atomic E-state index is 14.4. The number of nitrogens with zero attached hydrogens (tertiary/aromatic N) is 1. The lowest BCUT2D eigenvalue weighted by Gasteiger charge is -2.21. The lowest BCUT2D eigenvalue weighted by molar-refractivity contribution is -0.138. The van der Waals surface area contributed by atoms with Crippen LogP contribution < -0.4 is 10.9 Å². The van der Waals surface area contributed by atoms with E-state index in [4.69, 9.17) is 0 Å². The molecule has 0 amide bonds. The smallest absolute Gasteiger partial charge is 0.416 e. The van der Waals surface area contributed by atoms with Gasteiger partial charge < -0.3 is 15.0 Å². The molecular weight excluding hydrogens is 406 g/mol. The minimum absolute atomic E-state index is 0.0150. The summed E-state index contributed by atoms with van der Waals surface area (Å²) in [6.07, 6.45) is -4.72. The van der Waals surface area contributed by atoms with Gasteiger partial charge in [-0.25, -0.2) is 14.2 Å². The van der Waals surface area contributed by atoms with Crippen molar-refractivity contribution >= 4 is 22.6 Å². The van der Waals surface area contributed by atoms with E-state index >= 15 is 0 Å². The molecule has 0 unspecified atom stereocenters. The number of methoxy groups -OCH3 is 1. The molecular formula is C20H17F4N3O3. The van der Waals surface area contributed by atoms with Crippen LogP contribution >= 0.6 is 0 Å². The van der Waals surface area contributed by atoms with Crippen LogP contribution in [0.4, 0.5) is 23.2 Å². The monoisotopic (exact) mass is 423 g/mol. The van der Waals surface area contributed by atoms with Gasteiger partial charge in [-0.05, 0) is 49.7 Å². The number of H-pyrrole nitrogens is 1. The van der Waals surface area contributed by atoms with Crippen LogP contribution in [-0.4, -0.2) is 23.0 Å². The Balaban J connectivity index is 2.07. The van der Waals surface area contributed by atoms with E-state index in [2.05, 4.69) is 20.0 Å². The van der Waals surface area contributed by atoms with Crippen LogP contribution in [0.1, 0.15) is 40.3 Å². The number of rotatable bonds is 4. The fraction of sp³-hybridized carbons (Fsp3) is 0.250. The molecule has 1 aromatic heterocycles. The number of anilines is 1. The highest BCUT2D eigenvalue weighted by molar-refractivity contribution is 5.89. The third kappa shape index (κ3) is 4.12. The normalized spacial score (nSPS) is 12.6. The molecule has 30 heavy (non-hydrogen) atoms. The average molecular weight is 423 g/mol. The molecule has 1 heterocycles. The molecule has 0 aliphatic carbocycles. The zero-order valence-electron chi connectivity index (χ0n) is 16.1. The number of hydrogen-bond donors (Lipinski definition) is 2. The number of halogens is 4. The van der Waals surface area contributed by atoms with Gasteiger partial charge in [0.15, 0.2) is 0 Å². The highest BCUT2D eigenvalue weighted by atomic mass is 19.4. The zero-order chi connectivity index (χ0) is 22.2. The van der Waals surface area contributed by atoms with Gasteiger partial charge in [-0.15, -0.1) is 0 Å².